The normalized spacial score (nSPS) is 18.6. The SMILES string of the molecule is CN(CCc1ccccc1)[C@H]1CCCN(Cc2nc3ccccc3[nH]2)C1. The number of likely N-dealkylation sites (N-methyl/N-ethyl adjacent to an activating group) is 1. The zero-order valence-electron chi connectivity index (χ0n) is 15.6. The lowest BCUT2D eigenvalue weighted by atomic mass is 10.0. The number of hydrogen-bond donors (Lipinski definition) is 1. The molecule has 0 aliphatic carbocycles. The van der Waals surface area contributed by atoms with Crippen LogP contribution in [-0.2, 0) is 13.0 Å². The van der Waals surface area contributed by atoms with Gasteiger partial charge in [-0.05, 0) is 50.6 Å². The van der Waals surface area contributed by atoms with Gasteiger partial charge in [-0.2, -0.15) is 0 Å². The number of benzene rings is 2. The first-order valence-electron chi connectivity index (χ1n) is 9.68. The summed E-state index contributed by atoms with van der Waals surface area (Å²) in [6.07, 6.45) is 3.68. The third kappa shape index (κ3) is 4.14. The molecule has 2 aromatic carbocycles. The van der Waals surface area contributed by atoms with Gasteiger partial charge in [0.15, 0.2) is 0 Å². The van der Waals surface area contributed by atoms with Crippen LogP contribution in [0.15, 0.2) is 54.6 Å². The average Bonchev–Trinajstić information content (AvgIpc) is 3.09. The molecular formula is C22H28N4. The van der Waals surface area contributed by atoms with Crippen molar-refractivity contribution in [3.05, 3.63) is 66.0 Å². The number of hydrogen-bond acceptors (Lipinski definition) is 3. The molecule has 1 aliphatic heterocycles. The van der Waals surface area contributed by atoms with Gasteiger partial charge in [-0.15, -0.1) is 0 Å². The number of H-pyrrole nitrogens is 1. The number of rotatable bonds is 6. The Morgan fingerprint density at radius 3 is 2.77 bits per heavy atom. The molecule has 26 heavy (non-hydrogen) atoms. The minimum absolute atomic E-state index is 0.636. The van der Waals surface area contributed by atoms with Gasteiger partial charge in [0.05, 0.1) is 17.6 Å². The van der Waals surface area contributed by atoms with E-state index >= 15 is 0 Å². The van der Waals surface area contributed by atoms with Crippen LogP contribution >= 0.6 is 0 Å². The maximum absolute atomic E-state index is 4.74. The molecule has 0 bridgehead atoms. The first-order chi connectivity index (χ1) is 12.8. The molecule has 1 atom stereocenters. The summed E-state index contributed by atoms with van der Waals surface area (Å²) in [6, 6.07) is 19.7. The molecule has 2 heterocycles. The fourth-order valence-corrected chi connectivity index (χ4v) is 3.96. The number of imidazole rings is 1. The first-order valence-corrected chi connectivity index (χ1v) is 9.68. The van der Waals surface area contributed by atoms with Crippen molar-refractivity contribution in [2.75, 3.05) is 26.7 Å². The van der Waals surface area contributed by atoms with Gasteiger partial charge in [-0.1, -0.05) is 42.5 Å². The van der Waals surface area contributed by atoms with Crippen molar-refractivity contribution in [1.29, 1.82) is 0 Å². The Morgan fingerprint density at radius 2 is 1.92 bits per heavy atom. The van der Waals surface area contributed by atoms with Crippen molar-refractivity contribution in [3.63, 3.8) is 0 Å². The van der Waals surface area contributed by atoms with Crippen molar-refractivity contribution in [3.8, 4) is 0 Å². The summed E-state index contributed by atoms with van der Waals surface area (Å²) in [6.45, 7) is 4.33. The Bertz CT molecular complexity index is 793. The highest BCUT2D eigenvalue weighted by Gasteiger charge is 2.23. The number of fused-ring (bicyclic) bond motifs is 1. The van der Waals surface area contributed by atoms with E-state index in [4.69, 9.17) is 4.98 Å². The summed E-state index contributed by atoms with van der Waals surface area (Å²) in [4.78, 5) is 13.3. The van der Waals surface area contributed by atoms with Gasteiger partial charge >= 0.3 is 0 Å². The smallest absolute Gasteiger partial charge is 0.121 e. The second-order valence-corrected chi connectivity index (χ2v) is 7.45. The summed E-state index contributed by atoms with van der Waals surface area (Å²) in [5.41, 5.74) is 3.63. The van der Waals surface area contributed by atoms with E-state index in [0.717, 1.165) is 42.9 Å². The largest absolute Gasteiger partial charge is 0.341 e. The molecule has 4 nitrogen and oxygen atoms in total. The van der Waals surface area contributed by atoms with E-state index in [1.54, 1.807) is 0 Å². The van der Waals surface area contributed by atoms with E-state index in [1.165, 1.54) is 24.9 Å². The van der Waals surface area contributed by atoms with Gasteiger partial charge in [0, 0.05) is 19.1 Å². The average molecular weight is 348 g/mol. The second kappa shape index (κ2) is 8.02. The Kier molecular flexibility index (Phi) is 5.32. The number of likely N-dealkylation sites (tertiary alicyclic amines) is 1. The first kappa shape index (κ1) is 17.3. The molecular weight excluding hydrogens is 320 g/mol. The topological polar surface area (TPSA) is 35.2 Å². The number of aromatic nitrogens is 2. The number of nitrogens with one attached hydrogen (secondary N) is 1. The van der Waals surface area contributed by atoms with Crippen LogP contribution in [0.5, 0.6) is 0 Å². The third-order valence-corrected chi connectivity index (χ3v) is 5.51. The van der Waals surface area contributed by atoms with E-state index in [1.807, 2.05) is 6.07 Å². The molecule has 3 aromatic rings. The molecule has 0 spiro atoms. The van der Waals surface area contributed by atoms with E-state index in [2.05, 4.69) is 70.4 Å². The highest BCUT2D eigenvalue weighted by atomic mass is 15.2. The molecule has 1 aromatic heterocycles. The molecule has 0 radical (unpaired) electrons. The van der Waals surface area contributed by atoms with Crippen LogP contribution in [0.1, 0.15) is 24.2 Å². The van der Waals surface area contributed by atoms with Crippen LogP contribution in [0.3, 0.4) is 0 Å². The molecule has 1 N–H and O–H groups in total. The third-order valence-electron chi connectivity index (χ3n) is 5.51. The molecule has 0 unspecified atom stereocenters. The lowest BCUT2D eigenvalue weighted by molar-refractivity contribution is 0.111. The minimum atomic E-state index is 0.636. The lowest BCUT2D eigenvalue weighted by Gasteiger charge is -2.37. The Labute approximate surface area is 155 Å². The molecule has 0 amide bonds. The molecule has 0 saturated carbocycles. The fourth-order valence-electron chi connectivity index (χ4n) is 3.96. The van der Waals surface area contributed by atoms with Gasteiger partial charge in [-0.25, -0.2) is 4.98 Å². The summed E-state index contributed by atoms with van der Waals surface area (Å²) >= 11 is 0. The van der Waals surface area contributed by atoms with Crippen molar-refractivity contribution < 1.29 is 0 Å². The Morgan fingerprint density at radius 1 is 1.12 bits per heavy atom. The predicted molar refractivity (Wildman–Crippen MR) is 107 cm³/mol. The minimum Gasteiger partial charge on any atom is -0.341 e. The van der Waals surface area contributed by atoms with Crippen LogP contribution in [0.2, 0.25) is 0 Å². The molecule has 4 rings (SSSR count). The van der Waals surface area contributed by atoms with Crippen molar-refractivity contribution in [2.45, 2.75) is 31.8 Å². The number of nitrogens with zero attached hydrogens (tertiary/aromatic N) is 3. The number of para-hydroxylation sites is 2. The Hall–Kier alpha value is -2.17. The monoisotopic (exact) mass is 348 g/mol. The van der Waals surface area contributed by atoms with Crippen LogP contribution < -0.4 is 0 Å². The van der Waals surface area contributed by atoms with E-state index < -0.39 is 0 Å². The van der Waals surface area contributed by atoms with Gasteiger partial charge in [0.1, 0.15) is 5.82 Å². The van der Waals surface area contributed by atoms with E-state index in [0.29, 0.717) is 6.04 Å². The van der Waals surface area contributed by atoms with Gasteiger partial charge in [-0.3, -0.25) is 4.90 Å². The number of aromatic amines is 1. The lowest BCUT2D eigenvalue weighted by Crippen LogP contribution is -2.46. The van der Waals surface area contributed by atoms with Gasteiger partial charge in [0.2, 0.25) is 0 Å². The second-order valence-electron chi connectivity index (χ2n) is 7.45. The van der Waals surface area contributed by atoms with Crippen LogP contribution in [0, 0.1) is 0 Å². The maximum atomic E-state index is 4.74. The molecule has 136 valence electrons. The zero-order valence-corrected chi connectivity index (χ0v) is 15.6. The summed E-state index contributed by atoms with van der Waals surface area (Å²) in [5, 5.41) is 0. The summed E-state index contributed by atoms with van der Waals surface area (Å²) in [5.74, 6) is 1.08. The highest BCUT2D eigenvalue weighted by molar-refractivity contribution is 5.74. The van der Waals surface area contributed by atoms with Crippen LogP contribution in [0.4, 0.5) is 0 Å². The molecule has 1 fully saturated rings. The molecule has 1 aliphatic rings. The fraction of sp³-hybridized carbons (Fsp3) is 0.409. The predicted octanol–water partition coefficient (Wildman–Crippen LogP) is 3.70. The maximum Gasteiger partial charge on any atom is 0.121 e. The summed E-state index contributed by atoms with van der Waals surface area (Å²) < 4.78 is 0. The zero-order chi connectivity index (χ0) is 17.8. The van der Waals surface area contributed by atoms with Crippen molar-refractivity contribution >= 4 is 11.0 Å². The Balaban J connectivity index is 1.33. The van der Waals surface area contributed by atoms with Gasteiger partial charge in [0.25, 0.3) is 0 Å². The molecule has 1 saturated heterocycles. The van der Waals surface area contributed by atoms with Crippen molar-refractivity contribution in [2.24, 2.45) is 0 Å². The van der Waals surface area contributed by atoms with Crippen LogP contribution in [0.25, 0.3) is 11.0 Å². The van der Waals surface area contributed by atoms with E-state index in [-0.39, 0.29) is 0 Å². The standard InChI is InChI=1S/C22H28N4/c1-25(15-13-18-8-3-2-4-9-18)19-10-7-14-26(16-19)17-22-23-20-11-5-6-12-21(20)24-22/h2-6,8-9,11-12,19H,7,10,13-17H2,1H3,(H,23,24)/t19-/m0/s1. The van der Waals surface area contributed by atoms with E-state index in [9.17, 15) is 0 Å². The van der Waals surface area contributed by atoms with Crippen molar-refractivity contribution in [1.82, 2.24) is 19.8 Å². The highest BCUT2D eigenvalue weighted by Crippen LogP contribution is 2.18. The quantitative estimate of drug-likeness (QED) is 0.738. The number of piperidine rings is 1. The van der Waals surface area contributed by atoms with Crippen LogP contribution in [-0.4, -0.2) is 52.5 Å². The molecule has 4 heteroatoms. The van der Waals surface area contributed by atoms with Gasteiger partial charge < -0.3 is 9.88 Å². The summed E-state index contributed by atoms with van der Waals surface area (Å²) in [7, 11) is 2.28.